The monoisotopic (exact) mass is 313 g/mol. The van der Waals surface area contributed by atoms with Crippen molar-refractivity contribution in [3.8, 4) is 11.1 Å². The van der Waals surface area contributed by atoms with Crippen LogP contribution in [-0.4, -0.2) is 28.0 Å². The van der Waals surface area contributed by atoms with Crippen molar-refractivity contribution < 1.29 is 9.18 Å². The summed E-state index contributed by atoms with van der Waals surface area (Å²) < 4.78 is 13.0. The molecule has 0 N–H and O–H groups in total. The number of amides is 1. The summed E-state index contributed by atoms with van der Waals surface area (Å²) in [4.78, 5) is 16.8. The molecule has 3 rings (SSSR count). The summed E-state index contributed by atoms with van der Waals surface area (Å²) in [7, 11) is 0. The van der Waals surface area contributed by atoms with Crippen LogP contribution >= 0.6 is 0 Å². The number of hydrogen-bond acceptors (Lipinski definition) is 3. The number of anilines is 1. The van der Waals surface area contributed by atoms with E-state index in [0.717, 1.165) is 17.7 Å². The van der Waals surface area contributed by atoms with Crippen molar-refractivity contribution in [1.29, 1.82) is 0 Å². The summed E-state index contributed by atoms with van der Waals surface area (Å²) in [6, 6.07) is 10.0. The van der Waals surface area contributed by atoms with Crippen LogP contribution in [0.4, 0.5) is 10.2 Å². The van der Waals surface area contributed by atoms with Gasteiger partial charge in [-0.1, -0.05) is 19.1 Å². The SMILES string of the molecule is CCN1N(c2ccc(-c3ccc(F)cc3)cn2)C(=O)CC1(C)C. The number of hydrazine groups is 1. The third-order valence-electron chi connectivity index (χ3n) is 4.20. The number of carbonyl (C=O) groups is 1. The van der Waals surface area contributed by atoms with Gasteiger partial charge in [-0.3, -0.25) is 4.79 Å². The van der Waals surface area contributed by atoms with Gasteiger partial charge in [0, 0.05) is 30.3 Å². The molecule has 2 aromatic rings. The summed E-state index contributed by atoms with van der Waals surface area (Å²) in [6.45, 7) is 6.88. The average Bonchev–Trinajstić information content (AvgIpc) is 2.76. The van der Waals surface area contributed by atoms with Crippen molar-refractivity contribution in [3.05, 3.63) is 48.4 Å². The number of benzene rings is 1. The predicted molar refractivity (Wildman–Crippen MR) is 88.2 cm³/mol. The normalized spacial score (nSPS) is 17.7. The molecule has 1 saturated heterocycles. The lowest BCUT2D eigenvalue weighted by atomic mass is 10.0. The fourth-order valence-electron chi connectivity index (χ4n) is 3.09. The first kappa shape index (κ1) is 15.6. The van der Waals surface area contributed by atoms with Crippen LogP contribution in [0.1, 0.15) is 27.2 Å². The number of aromatic nitrogens is 1. The second-order valence-electron chi connectivity index (χ2n) is 6.32. The minimum Gasteiger partial charge on any atom is -0.273 e. The molecule has 120 valence electrons. The molecule has 1 aromatic carbocycles. The highest BCUT2D eigenvalue weighted by molar-refractivity contribution is 5.94. The molecule has 0 aliphatic carbocycles. The molecule has 1 aliphatic heterocycles. The van der Waals surface area contributed by atoms with Crippen molar-refractivity contribution in [2.24, 2.45) is 0 Å². The van der Waals surface area contributed by atoms with Crippen LogP contribution in [0.25, 0.3) is 11.1 Å². The van der Waals surface area contributed by atoms with Gasteiger partial charge in [0.1, 0.15) is 11.6 Å². The first-order valence-electron chi connectivity index (χ1n) is 7.75. The topological polar surface area (TPSA) is 36.4 Å². The molecule has 0 atom stereocenters. The highest BCUT2D eigenvalue weighted by Gasteiger charge is 2.43. The van der Waals surface area contributed by atoms with Gasteiger partial charge in [-0.05, 0) is 43.7 Å². The number of hydrogen-bond donors (Lipinski definition) is 0. The molecule has 23 heavy (non-hydrogen) atoms. The van der Waals surface area contributed by atoms with Gasteiger partial charge in [0.25, 0.3) is 0 Å². The lowest BCUT2D eigenvalue weighted by molar-refractivity contribution is -0.118. The van der Waals surface area contributed by atoms with Crippen LogP contribution < -0.4 is 5.01 Å². The van der Waals surface area contributed by atoms with Crippen LogP contribution in [0.5, 0.6) is 0 Å². The molecule has 5 heteroatoms. The van der Waals surface area contributed by atoms with Gasteiger partial charge in [0.05, 0.1) is 0 Å². The van der Waals surface area contributed by atoms with E-state index < -0.39 is 0 Å². The number of rotatable bonds is 3. The Morgan fingerprint density at radius 1 is 1.13 bits per heavy atom. The summed E-state index contributed by atoms with van der Waals surface area (Å²) in [6.07, 6.45) is 2.19. The lowest BCUT2D eigenvalue weighted by Gasteiger charge is -2.34. The predicted octanol–water partition coefficient (Wildman–Crippen LogP) is 3.64. The van der Waals surface area contributed by atoms with Gasteiger partial charge in [0.2, 0.25) is 5.91 Å². The van der Waals surface area contributed by atoms with E-state index in [9.17, 15) is 9.18 Å². The van der Waals surface area contributed by atoms with Crippen LogP contribution in [0, 0.1) is 5.82 Å². The minimum atomic E-state index is -0.262. The van der Waals surface area contributed by atoms with Gasteiger partial charge >= 0.3 is 0 Å². The quantitative estimate of drug-likeness (QED) is 0.868. The zero-order chi connectivity index (χ0) is 16.6. The Bertz CT molecular complexity index is 710. The number of pyridine rings is 1. The Morgan fingerprint density at radius 3 is 2.35 bits per heavy atom. The molecule has 1 amide bonds. The molecular weight excluding hydrogens is 293 g/mol. The molecule has 0 radical (unpaired) electrons. The highest BCUT2D eigenvalue weighted by atomic mass is 19.1. The molecule has 1 aromatic heterocycles. The summed E-state index contributed by atoms with van der Waals surface area (Å²) in [5.74, 6) is 0.411. The third-order valence-corrected chi connectivity index (χ3v) is 4.20. The van der Waals surface area contributed by atoms with Crippen molar-refractivity contribution >= 4 is 11.7 Å². The number of nitrogens with zero attached hydrogens (tertiary/aromatic N) is 3. The van der Waals surface area contributed by atoms with Crippen molar-refractivity contribution in [2.75, 3.05) is 11.6 Å². The maximum atomic E-state index is 13.0. The standard InChI is InChI=1S/C18H20FN3O/c1-4-21-18(2,3)11-17(23)22(21)16-10-7-14(12-20-16)13-5-8-15(19)9-6-13/h5-10,12H,4,11H2,1-3H3. The molecule has 2 heterocycles. The number of halogens is 1. The molecule has 0 spiro atoms. The summed E-state index contributed by atoms with van der Waals surface area (Å²) >= 11 is 0. The maximum absolute atomic E-state index is 13.0. The molecule has 4 nitrogen and oxygen atoms in total. The summed E-state index contributed by atoms with van der Waals surface area (Å²) in [5, 5.41) is 3.70. The minimum absolute atomic E-state index is 0.0545. The van der Waals surface area contributed by atoms with Crippen LogP contribution in [0.2, 0.25) is 0 Å². The Kier molecular flexibility index (Phi) is 3.90. The fourth-order valence-corrected chi connectivity index (χ4v) is 3.09. The average molecular weight is 313 g/mol. The molecular formula is C18H20FN3O. The lowest BCUT2D eigenvalue weighted by Crippen LogP contribution is -2.47. The van der Waals surface area contributed by atoms with E-state index in [-0.39, 0.29) is 17.3 Å². The van der Waals surface area contributed by atoms with Crippen LogP contribution in [-0.2, 0) is 4.79 Å². The zero-order valence-corrected chi connectivity index (χ0v) is 13.6. The zero-order valence-electron chi connectivity index (χ0n) is 13.6. The van der Waals surface area contributed by atoms with E-state index in [1.807, 2.05) is 24.1 Å². The Labute approximate surface area is 135 Å². The van der Waals surface area contributed by atoms with E-state index in [1.54, 1.807) is 23.3 Å². The Hall–Kier alpha value is -2.27. The first-order chi connectivity index (χ1) is 10.9. The molecule has 1 fully saturated rings. The molecule has 0 bridgehead atoms. The second-order valence-corrected chi connectivity index (χ2v) is 6.32. The highest BCUT2D eigenvalue weighted by Crippen LogP contribution is 2.33. The van der Waals surface area contributed by atoms with Crippen LogP contribution in [0.15, 0.2) is 42.6 Å². The van der Waals surface area contributed by atoms with Gasteiger partial charge in [-0.25, -0.2) is 19.4 Å². The molecule has 0 unspecified atom stereocenters. The largest absolute Gasteiger partial charge is 0.273 e. The van der Waals surface area contributed by atoms with E-state index in [1.165, 1.54) is 12.1 Å². The third kappa shape index (κ3) is 2.84. The van der Waals surface area contributed by atoms with E-state index in [4.69, 9.17) is 0 Å². The smallest absolute Gasteiger partial charge is 0.244 e. The van der Waals surface area contributed by atoms with Gasteiger partial charge in [-0.15, -0.1) is 0 Å². The molecule has 0 saturated carbocycles. The van der Waals surface area contributed by atoms with Crippen molar-refractivity contribution in [2.45, 2.75) is 32.7 Å². The Balaban J connectivity index is 1.90. The second kappa shape index (κ2) is 5.74. The van der Waals surface area contributed by atoms with Gasteiger partial charge in [0.15, 0.2) is 0 Å². The van der Waals surface area contributed by atoms with Crippen molar-refractivity contribution in [3.63, 3.8) is 0 Å². The van der Waals surface area contributed by atoms with Crippen molar-refractivity contribution in [1.82, 2.24) is 9.99 Å². The fraction of sp³-hybridized carbons (Fsp3) is 0.333. The number of carbonyl (C=O) groups excluding carboxylic acids is 1. The maximum Gasteiger partial charge on any atom is 0.244 e. The molecule has 1 aliphatic rings. The van der Waals surface area contributed by atoms with E-state index in [2.05, 4.69) is 18.8 Å². The van der Waals surface area contributed by atoms with Gasteiger partial charge in [-0.2, -0.15) is 0 Å². The van der Waals surface area contributed by atoms with E-state index in [0.29, 0.717) is 12.2 Å². The Morgan fingerprint density at radius 2 is 1.78 bits per heavy atom. The van der Waals surface area contributed by atoms with Gasteiger partial charge < -0.3 is 0 Å². The first-order valence-corrected chi connectivity index (χ1v) is 7.75. The summed E-state index contributed by atoms with van der Waals surface area (Å²) in [5.41, 5.74) is 1.58. The van der Waals surface area contributed by atoms with Crippen LogP contribution in [0.3, 0.4) is 0 Å². The van der Waals surface area contributed by atoms with E-state index >= 15 is 0 Å².